The van der Waals surface area contributed by atoms with Gasteiger partial charge in [-0.25, -0.2) is 18.4 Å². The van der Waals surface area contributed by atoms with E-state index >= 15 is 0 Å². The van der Waals surface area contributed by atoms with Gasteiger partial charge in [-0.2, -0.15) is 0 Å². The molecule has 2 rings (SSSR count). The number of sulfonamides is 1. The first-order valence-corrected chi connectivity index (χ1v) is 7.10. The zero-order chi connectivity index (χ0) is 13.0. The molecule has 0 saturated carbocycles. The molecular formula is C10H16N4O3S. The molecule has 0 aromatic carbocycles. The van der Waals surface area contributed by atoms with Crippen LogP contribution in [0.3, 0.4) is 0 Å². The van der Waals surface area contributed by atoms with Crippen molar-refractivity contribution in [2.24, 2.45) is 0 Å². The fourth-order valence-corrected chi connectivity index (χ4v) is 2.96. The predicted molar refractivity (Wildman–Crippen MR) is 66.5 cm³/mol. The molecule has 1 aliphatic rings. The minimum Gasteiger partial charge on any atom is -0.379 e. The first-order valence-electron chi connectivity index (χ1n) is 5.61. The van der Waals surface area contributed by atoms with Crippen molar-refractivity contribution in [3.8, 4) is 0 Å². The van der Waals surface area contributed by atoms with E-state index in [4.69, 9.17) is 4.74 Å². The highest BCUT2D eigenvalue weighted by Crippen LogP contribution is 2.17. The molecule has 1 aromatic heterocycles. The Morgan fingerprint density at radius 3 is 2.78 bits per heavy atom. The van der Waals surface area contributed by atoms with Crippen LogP contribution in [0.25, 0.3) is 0 Å². The number of nitrogens with zero attached hydrogens (tertiary/aromatic N) is 2. The summed E-state index contributed by atoms with van der Waals surface area (Å²) in [5, 5.41) is 4.40. The van der Waals surface area contributed by atoms with Crippen molar-refractivity contribution in [1.82, 2.24) is 14.8 Å². The van der Waals surface area contributed by atoms with Gasteiger partial charge in [-0.05, 0) is 12.1 Å². The summed E-state index contributed by atoms with van der Waals surface area (Å²) in [4.78, 5) is 6.65. The van der Waals surface area contributed by atoms with E-state index in [0.717, 1.165) is 0 Å². The third-order valence-electron chi connectivity index (χ3n) is 2.56. The number of hydrogen-bond acceptors (Lipinski definition) is 6. The molecule has 7 nitrogen and oxygen atoms in total. The second-order valence-electron chi connectivity index (χ2n) is 3.79. The van der Waals surface area contributed by atoms with E-state index in [0.29, 0.717) is 32.1 Å². The van der Waals surface area contributed by atoms with Crippen LogP contribution >= 0.6 is 0 Å². The molecule has 0 bridgehead atoms. The number of morpholine rings is 1. The van der Waals surface area contributed by atoms with E-state index in [-0.39, 0.29) is 4.90 Å². The van der Waals surface area contributed by atoms with Crippen molar-refractivity contribution in [3.05, 3.63) is 18.3 Å². The van der Waals surface area contributed by atoms with Crippen LogP contribution in [0.4, 0.5) is 5.82 Å². The monoisotopic (exact) mass is 272 g/mol. The minimum atomic E-state index is -3.61. The number of aromatic nitrogens is 1. The van der Waals surface area contributed by atoms with Gasteiger partial charge in [0.1, 0.15) is 10.7 Å². The van der Waals surface area contributed by atoms with Crippen LogP contribution in [0.2, 0.25) is 0 Å². The first kappa shape index (κ1) is 13.2. The Morgan fingerprint density at radius 2 is 2.11 bits per heavy atom. The molecule has 0 spiro atoms. The average Bonchev–Trinajstić information content (AvgIpc) is 2.39. The Kier molecular flexibility index (Phi) is 4.12. The van der Waals surface area contributed by atoms with Crippen LogP contribution in [0, 0.1) is 0 Å². The largest absolute Gasteiger partial charge is 0.379 e. The van der Waals surface area contributed by atoms with Gasteiger partial charge in [-0.1, -0.05) is 0 Å². The average molecular weight is 272 g/mol. The molecule has 2 N–H and O–H groups in total. The van der Waals surface area contributed by atoms with Crippen molar-refractivity contribution in [1.29, 1.82) is 0 Å². The number of anilines is 1. The van der Waals surface area contributed by atoms with Crippen molar-refractivity contribution in [3.63, 3.8) is 0 Å². The number of hydrazine groups is 1. The normalized spacial score (nSPS) is 17.6. The quantitative estimate of drug-likeness (QED) is 0.779. The molecule has 0 unspecified atom stereocenters. The Bertz CT molecular complexity index is 500. The number of hydrogen-bond donors (Lipinski definition) is 2. The molecule has 1 aliphatic heterocycles. The zero-order valence-electron chi connectivity index (χ0n) is 10.1. The topological polar surface area (TPSA) is 83.6 Å². The Morgan fingerprint density at radius 1 is 1.39 bits per heavy atom. The lowest BCUT2D eigenvalue weighted by Gasteiger charge is -2.26. The Balaban J connectivity index is 2.19. The lowest BCUT2D eigenvalue weighted by atomic mass is 10.5. The molecule has 1 saturated heterocycles. The van der Waals surface area contributed by atoms with Gasteiger partial charge in [0.15, 0.2) is 0 Å². The zero-order valence-corrected chi connectivity index (χ0v) is 10.9. The van der Waals surface area contributed by atoms with Gasteiger partial charge in [-0.3, -0.25) is 0 Å². The van der Waals surface area contributed by atoms with Crippen molar-refractivity contribution in [2.45, 2.75) is 4.90 Å². The van der Waals surface area contributed by atoms with Crippen LogP contribution in [-0.4, -0.2) is 51.8 Å². The molecule has 1 aromatic rings. The van der Waals surface area contributed by atoms with Crippen molar-refractivity contribution in [2.75, 3.05) is 38.7 Å². The minimum absolute atomic E-state index is 0.138. The lowest BCUT2D eigenvalue weighted by molar-refractivity contribution is 0.0272. The smallest absolute Gasteiger partial charge is 0.257 e. The van der Waals surface area contributed by atoms with Crippen molar-refractivity contribution >= 4 is 15.8 Å². The Labute approximate surface area is 106 Å². The third-order valence-corrected chi connectivity index (χ3v) is 3.96. The second-order valence-corrected chi connectivity index (χ2v) is 5.42. The maximum Gasteiger partial charge on any atom is 0.257 e. The second kappa shape index (κ2) is 5.61. The molecule has 8 heteroatoms. The summed E-state index contributed by atoms with van der Waals surface area (Å²) >= 11 is 0. The first-order chi connectivity index (χ1) is 8.63. The van der Waals surface area contributed by atoms with E-state index in [9.17, 15) is 8.42 Å². The molecule has 2 heterocycles. The number of pyridine rings is 1. The molecule has 0 aliphatic carbocycles. The molecule has 18 heavy (non-hydrogen) atoms. The van der Waals surface area contributed by atoms with Crippen LogP contribution in [0.15, 0.2) is 23.2 Å². The van der Waals surface area contributed by atoms with Gasteiger partial charge in [0, 0.05) is 26.3 Å². The summed E-state index contributed by atoms with van der Waals surface area (Å²) in [6, 6.07) is 3.11. The van der Waals surface area contributed by atoms with E-state index in [1.165, 1.54) is 6.07 Å². The van der Waals surface area contributed by atoms with Crippen molar-refractivity contribution < 1.29 is 13.2 Å². The van der Waals surface area contributed by atoms with Gasteiger partial charge < -0.3 is 10.1 Å². The number of rotatable bonds is 4. The van der Waals surface area contributed by atoms with Gasteiger partial charge in [0.05, 0.1) is 13.2 Å². The molecule has 0 radical (unpaired) electrons. The lowest BCUT2D eigenvalue weighted by Crippen LogP contribution is -2.48. The molecule has 1 fully saturated rings. The standard InChI is InChI=1S/C10H16N4O3S/c1-11-10-9(3-2-4-12-10)18(15,16)13-14-5-7-17-8-6-14/h2-4,13H,5-8H2,1H3,(H,11,12). The van der Waals surface area contributed by atoms with Crippen LogP contribution in [0.5, 0.6) is 0 Å². The van der Waals surface area contributed by atoms with Crippen LogP contribution < -0.4 is 10.1 Å². The van der Waals surface area contributed by atoms with Gasteiger partial charge >= 0.3 is 0 Å². The highest BCUT2D eigenvalue weighted by Gasteiger charge is 2.22. The summed E-state index contributed by atoms with van der Waals surface area (Å²) in [6.45, 7) is 2.12. The summed E-state index contributed by atoms with van der Waals surface area (Å²) < 4.78 is 29.6. The third kappa shape index (κ3) is 2.96. The fraction of sp³-hybridized carbons (Fsp3) is 0.500. The molecule has 0 atom stereocenters. The molecule has 0 amide bonds. The van der Waals surface area contributed by atoms with E-state index in [1.54, 1.807) is 24.3 Å². The van der Waals surface area contributed by atoms with Gasteiger partial charge in [-0.15, -0.1) is 4.83 Å². The van der Waals surface area contributed by atoms with Gasteiger partial charge in [0.2, 0.25) is 0 Å². The fourth-order valence-electron chi connectivity index (χ4n) is 1.67. The van der Waals surface area contributed by atoms with Crippen LogP contribution in [-0.2, 0) is 14.8 Å². The predicted octanol–water partition coefficient (Wildman–Crippen LogP) is -0.351. The number of nitrogens with one attached hydrogen (secondary N) is 2. The van der Waals surface area contributed by atoms with E-state index < -0.39 is 10.0 Å². The van der Waals surface area contributed by atoms with E-state index in [2.05, 4.69) is 15.1 Å². The van der Waals surface area contributed by atoms with Crippen LogP contribution in [0.1, 0.15) is 0 Å². The SMILES string of the molecule is CNc1ncccc1S(=O)(=O)NN1CCOCC1. The maximum atomic E-state index is 12.2. The summed E-state index contributed by atoms with van der Waals surface area (Å²) in [5.74, 6) is 0.332. The summed E-state index contributed by atoms with van der Waals surface area (Å²) in [5.41, 5.74) is 0. The molecule has 100 valence electrons. The summed E-state index contributed by atoms with van der Waals surface area (Å²) in [6.07, 6.45) is 1.54. The van der Waals surface area contributed by atoms with Gasteiger partial charge in [0.25, 0.3) is 10.0 Å². The summed E-state index contributed by atoms with van der Waals surface area (Å²) in [7, 11) is -1.97. The Hall–Kier alpha value is -1.22. The number of ether oxygens (including phenoxy) is 1. The maximum absolute atomic E-state index is 12.2. The highest BCUT2D eigenvalue weighted by molar-refractivity contribution is 7.89. The van der Waals surface area contributed by atoms with E-state index in [1.807, 2.05) is 0 Å². The molecular weight excluding hydrogens is 256 g/mol. The highest BCUT2D eigenvalue weighted by atomic mass is 32.2.